The lowest BCUT2D eigenvalue weighted by atomic mass is 10.2. The van der Waals surface area contributed by atoms with E-state index in [0.29, 0.717) is 6.54 Å². The molecule has 0 fully saturated rings. The summed E-state index contributed by atoms with van der Waals surface area (Å²) in [7, 11) is 0. The SMILES string of the molecule is CC(N)C(=O)NCc1ccc(OC2(C)CC=CO2)cc1. The van der Waals surface area contributed by atoms with Crippen molar-refractivity contribution in [3.05, 3.63) is 42.2 Å². The molecule has 1 amide bonds. The zero-order valence-electron chi connectivity index (χ0n) is 11.8. The fraction of sp³-hybridized carbons (Fsp3) is 0.400. The molecule has 2 unspecified atom stereocenters. The first-order chi connectivity index (χ1) is 9.48. The minimum atomic E-state index is -0.620. The lowest BCUT2D eigenvalue weighted by Gasteiger charge is -2.25. The second kappa shape index (κ2) is 5.96. The van der Waals surface area contributed by atoms with Gasteiger partial charge in [-0.1, -0.05) is 12.1 Å². The first kappa shape index (κ1) is 14.4. The molecular formula is C15H20N2O3. The molecule has 0 bridgehead atoms. The third kappa shape index (κ3) is 3.74. The number of amides is 1. The quantitative estimate of drug-likeness (QED) is 0.858. The van der Waals surface area contributed by atoms with Gasteiger partial charge in [0.05, 0.1) is 12.3 Å². The fourth-order valence-corrected chi connectivity index (χ4v) is 1.84. The summed E-state index contributed by atoms with van der Waals surface area (Å²) in [6.45, 7) is 4.00. The first-order valence-corrected chi connectivity index (χ1v) is 6.63. The van der Waals surface area contributed by atoms with Gasteiger partial charge in [0.15, 0.2) is 0 Å². The molecule has 0 aliphatic carbocycles. The van der Waals surface area contributed by atoms with Crippen molar-refractivity contribution < 1.29 is 14.3 Å². The lowest BCUT2D eigenvalue weighted by Crippen LogP contribution is -2.37. The lowest BCUT2D eigenvalue weighted by molar-refractivity contribution is -0.122. The van der Waals surface area contributed by atoms with Crippen molar-refractivity contribution in [2.75, 3.05) is 0 Å². The van der Waals surface area contributed by atoms with Gasteiger partial charge in [-0.05, 0) is 30.7 Å². The number of carbonyl (C=O) groups excluding carboxylic acids is 1. The molecule has 3 N–H and O–H groups in total. The zero-order valence-corrected chi connectivity index (χ0v) is 11.8. The molecule has 1 aliphatic heterocycles. The summed E-state index contributed by atoms with van der Waals surface area (Å²) in [4.78, 5) is 11.4. The van der Waals surface area contributed by atoms with Gasteiger partial charge in [-0.25, -0.2) is 0 Å². The van der Waals surface area contributed by atoms with Crippen LogP contribution in [-0.2, 0) is 16.1 Å². The van der Waals surface area contributed by atoms with Crippen LogP contribution >= 0.6 is 0 Å². The molecule has 1 aliphatic rings. The van der Waals surface area contributed by atoms with E-state index in [4.69, 9.17) is 15.2 Å². The second-order valence-corrected chi connectivity index (χ2v) is 5.08. The Morgan fingerprint density at radius 3 is 2.75 bits per heavy atom. The minimum absolute atomic E-state index is 0.164. The molecule has 0 radical (unpaired) electrons. The third-order valence-electron chi connectivity index (χ3n) is 3.04. The van der Waals surface area contributed by atoms with Crippen LogP contribution in [0.15, 0.2) is 36.6 Å². The molecule has 2 rings (SSSR count). The summed E-state index contributed by atoms with van der Waals surface area (Å²) >= 11 is 0. The minimum Gasteiger partial charge on any atom is -0.460 e. The number of hydrogen-bond acceptors (Lipinski definition) is 4. The smallest absolute Gasteiger partial charge is 0.251 e. The van der Waals surface area contributed by atoms with Crippen molar-refractivity contribution in [1.82, 2.24) is 5.32 Å². The fourth-order valence-electron chi connectivity index (χ4n) is 1.84. The van der Waals surface area contributed by atoms with Crippen LogP contribution in [0.2, 0.25) is 0 Å². The molecule has 1 aromatic rings. The molecule has 0 aromatic heterocycles. The highest BCUT2D eigenvalue weighted by Gasteiger charge is 2.29. The van der Waals surface area contributed by atoms with E-state index in [9.17, 15) is 4.79 Å². The van der Waals surface area contributed by atoms with E-state index in [1.807, 2.05) is 37.3 Å². The number of rotatable bonds is 5. The largest absolute Gasteiger partial charge is 0.460 e. The van der Waals surface area contributed by atoms with Gasteiger partial charge in [-0.2, -0.15) is 0 Å². The third-order valence-corrected chi connectivity index (χ3v) is 3.04. The molecular weight excluding hydrogens is 256 g/mol. The van der Waals surface area contributed by atoms with Crippen LogP contribution in [0.3, 0.4) is 0 Å². The van der Waals surface area contributed by atoms with Gasteiger partial charge in [-0.15, -0.1) is 0 Å². The van der Waals surface area contributed by atoms with E-state index >= 15 is 0 Å². The van der Waals surface area contributed by atoms with E-state index in [-0.39, 0.29) is 5.91 Å². The van der Waals surface area contributed by atoms with Gasteiger partial charge in [0.1, 0.15) is 5.75 Å². The maximum absolute atomic E-state index is 11.4. The van der Waals surface area contributed by atoms with E-state index in [2.05, 4.69) is 5.32 Å². The molecule has 108 valence electrons. The maximum atomic E-state index is 11.4. The summed E-state index contributed by atoms with van der Waals surface area (Å²) in [5.74, 6) is -0.0493. The second-order valence-electron chi connectivity index (χ2n) is 5.08. The number of nitrogens with one attached hydrogen (secondary N) is 1. The highest BCUT2D eigenvalue weighted by molar-refractivity contribution is 5.80. The molecule has 0 spiro atoms. The van der Waals surface area contributed by atoms with Crippen molar-refractivity contribution in [3.63, 3.8) is 0 Å². The molecule has 5 nitrogen and oxygen atoms in total. The molecule has 20 heavy (non-hydrogen) atoms. The maximum Gasteiger partial charge on any atom is 0.251 e. The molecule has 1 heterocycles. The predicted octanol–water partition coefficient (Wildman–Crippen LogP) is 1.68. The van der Waals surface area contributed by atoms with Gasteiger partial charge in [-0.3, -0.25) is 4.79 Å². The monoisotopic (exact) mass is 276 g/mol. The summed E-state index contributed by atoms with van der Waals surface area (Å²) in [6.07, 6.45) is 4.30. The van der Waals surface area contributed by atoms with Gasteiger partial charge in [0.25, 0.3) is 5.79 Å². The van der Waals surface area contributed by atoms with Crippen molar-refractivity contribution in [3.8, 4) is 5.75 Å². The van der Waals surface area contributed by atoms with E-state index < -0.39 is 11.8 Å². The predicted molar refractivity (Wildman–Crippen MR) is 75.8 cm³/mol. The Kier molecular flexibility index (Phi) is 4.29. The van der Waals surface area contributed by atoms with Crippen molar-refractivity contribution in [2.45, 2.75) is 38.6 Å². The number of ether oxygens (including phenoxy) is 2. The molecule has 0 saturated carbocycles. The van der Waals surface area contributed by atoms with E-state index in [0.717, 1.165) is 17.7 Å². The van der Waals surface area contributed by atoms with Gasteiger partial charge in [0, 0.05) is 19.9 Å². The topological polar surface area (TPSA) is 73.6 Å². The normalized spacial score (nSPS) is 22.1. The average Bonchev–Trinajstić information content (AvgIpc) is 2.84. The van der Waals surface area contributed by atoms with Crippen LogP contribution in [0.5, 0.6) is 5.75 Å². The highest BCUT2D eigenvalue weighted by Crippen LogP contribution is 2.27. The highest BCUT2D eigenvalue weighted by atomic mass is 16.7. The standard InChI is InChI=1S/C15H20N2O3/c1-11(16)14(18)17-10-12-4-6-13(7-5-12)20-15(2)8-3-9-19-15/h3-7,9,11H,8,10,16H2,1-2H3,(H,17,18). The molecule has 2 atom stereocenters. The summed E-state index contributed by atoms with van der Waals surface area (Å²) < 4.78 is 11.2. The number of benzene rings is 1. The Labute approximate surface area is 118 Å². The Balaban J connectivity index is 1.88. The first-order valence-electron chi connectivity index (χ1n) is 6.63. The van der Waals surface area contributed by atoms with Gasteiger partial charge < -0.3 is 20.5 Å². The molecule has 1 aromatic carbocycles. The summed E-state index contributed by atoms with van der Waals surface area (Å²) in [5, 5.41) is 2.76. The summed E-state index contributed by atoms with van der Waals surface area (Å²) in [5.41, 5.74) is 6.47. The number of nitrogens with two attached hydrogens (primary N) is 1. The Hall–Kier alpha value is -2.01. The Bertz CT molecular complexity index is 486. The van der Waals surface area contributed by atoms with Crippen molar-refractivity contribution >= 4 is 5.91 Å². The number of hydrogen-bond donors (Lipinski definition) is 2. The number of carbonyl (C=O) groups is 1. The molecule has 5 heteroatoms. The van der Waals surface area contributed by atoms with Crippen molar-refractivity contribution in [2.24, 2.45) is 5.73 Å². The summed E-state index contributed by atoms with van der Waals surface area (Å²) in [6, 6.07) is 7.04. The van der Waals surface area contributed by atoms with Crippen LogP contribution in [-0.4, -0.2) is 17.7 Å². The Morgan fingerprint density at radius 2 is 2.20 bits per heavy atom. The van der Waals surface area contributed by atoms with Crippen LogP contribution < -0.4 is 15.8 Å². The average molecular weight is 276 g/mol. The van der Waals surface area contributed by atoms with E-state index in [1.165, 1.54) is 0 Å². The Morgan fingerprint density at radius 1 is 1.50 bits per heavy atom. The van der Waals surface area contributed by atoms with Gasteiger partial charge >= 0.3 is 0 Å². The van der Waals surface area contributed by atoms with Gasteiger partial charge in [0.2, 0.25) is 5.91 Å². The van der Waals surface area contributed by atoms with Crippen molar-refractivity contribution in [1.29, 1.82) is 0 Å². The van der Waals surface area contributed by atoms with Crippen LogP contribution in [0, 0.1) is 0 Å². The molecule has 0 saturated heterocycles. The zero-order chi connectivity index (χ0) is 14.6. The van der Waals surface area contributed by atoms with E-state index in [1.54, 1.807) is 13.2 Å². The van der Waals surface area contributed by atoms with Crippen LogP contribution in [0.25, 0.3) is 0 Å². The van der Waals surface area contributed by atoms with Crippen LogP contribution in [0.4, 0.5) is 0 Å². The van der Waals surface area contributed by atoms with Crippen LogP contribution in [0.1, 0.15) is 25.8 Å².